The lowest BCUT2D eigenvalue weighted by Crippen LogP contribution is -2.38. The minimum Gasteiger partial charge on any atom is -0.467 e. The summed E-state index contributed by atoms with van der Waals surface area (Å²) in [5.74, 6) is -1.12. The zero-order valence-electron chi connectivity index (χ0n) is 9.37. The van der Waals surface area contributed by atoms with Crippen LogP contribution in [0.4, 0.5) is 4.39 Å². The molecule has 1 aromatic carbocycles. The Morgan fingerprint density at radius 1 is 1.65 bits per heavy atom. The third kappa shape index (κ3) is 3.87. The molecule has 0 radical (unpaired) electrons. The molecule has 0 fully saturated rings. The van der Waals surface area contributed by atoms with Gasteiger partial charge in [-0.15, -0.1) is 11.8 Å². The maximum absolute atomic E-state index is 12.9. The molecule has 0 aliphatic heterocycles. The van der Waals surface area contributed by atoms with E-state index in [9.17, 15) is 14.3 Å². The second-order valence-electron chi connectivity index (χ2n) is 3.63. The largest absolute Gasteiger partial charge is 0.467 e. The molecule has 1 aromatic rings. The van der Waals surface area contributed by atoms with Crippen LogP contribution in [0.1, 0.15) is 6.92 Å². The monoisotopic (exact) mass is 278 g/mol. The second-order valence-corrected chi connectivity index (χ2v) is 5.09. The Kier molecular flexibility index (Phi) is 4.80. The van der Waals surface area contributed by atoms with Crippen molar-refractivity contribution in [2.75, 3.05) is 12.9 Å². The molecular formula is C11H12ClFO3S. The summed E-state index contributed by atoms with van der Waals surface area (Å²) in [4.78, 5) is 11.9. The number of benzene rings is 1. The molecule has 0 saturated heterocycles. The molecule has 0 aliphatic carbocycles. The normalized spacial score (nSPS) is 14.2. The average molecular weight is 279 g/mol. The van der Waals surface area contributed by atoms with E-state index in [2.05, 4.69) is 4.74 Å². The van der Waals surface area contributed by atoms with Crippen LogP contribution >= 0.6 is 23.4 Å². The van der Waals surface area contributed by atoms with Gasteiger partial charge in [-0.05, 0) is 25.1 Å². The van der Waals surface area contributed by atoms with Gasteiger partial charge in [-0.25, -0.2) is 9.18 Å². The number of hydrogen-bond acceptors (Lipinski definition) is 4. The van der Waals surface area contributed by atoms with Gasteiger partial charge in [0.1, 0.15) is 5.82 Å². The van der Waals surface area contributed by atoms with Crippen molar-refractivity contribution in [2.24, 2.45) is 0 Å². The molecule has 94 valence electrons. The van der Waals surface area contributed by atoms with Crippen molar-refractivity contribution in [3.63, 3.8) is 0 Å². The Labute approximate surface area is 108 Å². The van der Waals surface area contributed by atoms with E-state index in [0.717, 1.165) is 0 Å². The molecule has 1 rings (SSSR count). The molecule has 0 saturated carbocycles. The van der Waals surface area contributed by atoms with Crippen molar-refractivity contribution in [2.45, 2.75) is 17.4 Å². The molecular weight excluding hydrogens is 267 g/mol. The van der Waals surface area contributed by atoms with Gasteiger partial charge in [0.2, 0.25) is 0 Å². The molecule has 0 bridgehead atoms. The fourth-order valence-electron chi connectivity index (χ4n) is 1.07. The summed E-state index contributed by atoms with van der Waals surface area (Å²) in [7, 11) is 1.20. The predicted octanol–water partition coefficient (Wildman–Crippen LogP) is 2.50. The molecule has 0 spiro atoms. The topological polar surface area (TPSA) is 46.5 Å². The van der Waals surface area contributed by atoms with Crippen LogP contribution in [0.3, 0.4) is 0 Å². The SMILES string of the molecule is COC(=O)C(C)(O)CSc1ccc(F)c(Cl)c1. The van der Waals surface area contributed by atoms with Crippen molar-refractivity contribution in [3.05, 3.63) is 29.0 Å². The van der Waals surface area contributed by atoms with Crippen LogP contribution in [0.5, 0.6) is 0 Å². The lowest BCUT2D eigenvalue weighted by molar-refractivity contribution is -0.158. The summed E-state index contributed by atoms with van der Waals surface area (Å²) in [5, 5.41) is 9.77. The summed E-state index contributed by atoms with van der Waals surface area (Å²) < 4.78 is 17.3. The van der Waals surface area contributed by atoms with Crippen LogP contribution in [0.25, 0.3) is 0 Å². The van der Waals surface area contributed by atoms with Crippen molar-refractivity contribution < 1.29 is 19.0 Å². The number of thioether (sulfide) groups is 1. The quantitative estimate of drug-likeness (QED) is 0.679. The first-order valence-corrected chi connectivity index (χ1v) is 6.12. The van der Waals surface area contributed by atoms with Gasteiger partial charge in [-0.2, -0.15) is 0 Å². The maximum Gasteiger partial charge on any atom is 0.338 e. The standard InChI is InChI=1S/C11H12ClFO3S/c1-11(15,10(14)16-2)6-17-7-3-4-9(13)8(12)5-7/h3-5,15H,6H2,1-2H3. The van der Waals surface area contributed by atoms with Gasteiger partial charge in [-0.1, -0.05) is 11.6 Å². The zero-order chi connectivity index (χ0) is 13.1. The highest BCUT2D eigenvalue weighted by Crippen LogP contribution is 2.27. The van der Waals surface area contributed by atoms with E-state index in [-0.39, 0.29) is 10.8 Å². The van der Waals surface area contributed by atoms with Crippen LogP contribution in [0.15, 0.2) is 23.1 Å². The zero-order valence-corrected chi connectivity index (χ0v) is 10.9. The van der Waals surface area contributed by atoms with Crippen molar-refractivity contribution >= 4 is 29.3 Å². The molecule has 17 heavy (non-hydrogen) atoms. The van der Waals surface area contributed by atoms with Crippen LogP contribution in [0, 0.1) is 5.82 Å². The van der Waals surface area contributed by atoms with Crippen molar-refractivity contribution in [3.8, 4) is 0 Å². The summed E-state index contributed by atoms with van der Waals surface area (Å²) in [5.41, 5.74) is -1.58. The van der Waals surface area contributed by atoms with E-state index in [1.807, 2.05) is 0 Å². The smallest absolute Gasteiger partial charge is 0.338 e. The lowest BCUT2D eigenvalue weighted by atomic mass is 10.1. The maximum atomic E-state index is 12.9. The number of esters is 1. The summed E-state index contributed by atoms with van der Waals surface area (Å²) >= 11 is 6.80. The minimum atomic E-state index is -1.58. The van der Waals surface area contributed by atoms with E-state index in [0.29, 0.717) is 4.90 Å². The molecule has 0 aromatic heterocycles. The van der Waals surface area contributed by atoms with Crippen LogP contribution in [-0.2, 0) is 9.53 Å². The van der Waals surface area contributed by atoms with E-state index in [1.54, 1.807) is 0 Å². The fourth-order valence-corrected chi connectivity index (χ4v) is 2.25. The van der Waals surface area contributed by atoms with Gasteiger partial charge < -0.3 is 9.84 Å². The third-order valence-corrected chi connectivity index (χ3v) is 3.62. The molecule has 0 amide bonds. The molecule has 3 nitrogen and oxygen atoms in total. The lowest BCUT2D eigenvalue weighted by Gasteiger charge is -2.19. The number of halogens is 2. The molecule has 1 unspecified atom stereocenters. The molecule has 1 atom stereocenters. The average Bonchev–Trinajstić information content (AvgIpc) is 2.29. The van der Waals surface area contributed by atoms with Gasteiger partial charge >= 0.3 is 5.97 Å². The number of methoxy groups -OCH3 is 1. The van der Waals surface area contributed by atoms with Gasteiger partial charge in [0.15, 0.2) is 5.60 Å². The first-order chi connectivity index (χ1) is 7.86. The Morgan fingerprint density at radius 2 is 2.29 bits per heavy atom. The highest BCUT2D eigenvalue weighted by molar-refractivity contribution is 7.99. The van der Waals surface area contributed by atoms with Crippen LogP contribution in [0.2, 0.25) is 5.02 Å². The highest BCUT2D eigenvalue weighted by atomic mass is 35.5. The summed E-state index contributed by atoms with van der Waals surface area (Å²) in [6.07, 6.45) is 0. The predicted molar refractivity (Wildman–Crippen MR) is 64.8 cm³/mol. The van der Waals surface area contributed by atoms with Crippen LogP contribution < -0.4 is 0 Å². The molecule has 0 aliphatic rings. The number of carbonyl (C=O) groups excluding carboxylic acids is 1. The molecule has 1 N–H and O–H groups in total. The van der Waals surface area contributed by atoms with E-state index >= 15 is 0 Å². The van der Waals surface area contributed by atoms with E-state index in [1.165, 1.54) is 44.0 Å². The van der Waals surface area contributed by atoms with Gasteiger partial charge in [-0.3, -0.25) is 0 Å². The Balaban J connectivity index is 2.67. The Morgan fingerprint density at radius 3 is 2.82 bits per heavy atom. The van der Waals surface area contributed by atoms with E-state index < -0.39 is 17.4 Å². The molecule has 6 heteroatoms. The van der Waals surface area contributed by atoms with Gasteiger partial charge in [0.25, 0.3) is 0 Å². The second kappa shape index (κ2) is 5.71. The fraction of sp³-hybridized carbons (Fsp3) is 0.364. The van der Waals surface area contributed by atoms with E-state index in [4.69, 9.17) is 11.6 Å². The molecule has 0 heterocycles. The Hall–Kier alpha value is -0.780. The third-order valence-electron chi connectivity index (χ3n) is 2.04. The van der Waals surface area contributed by atoms with Crippen LogP contribution in [-0.4, -0.2) is 29.5 Å². The highest BCUT2D eigenvalue weighted by Gasteiger charge is 2.31. The van der Waals surface area contributed by atoms with Gasteiger partial charge in [0, 0.05) is 10.6 Å². The number of rotatable bonds is 4. The number of aliphatic hydroxyl groups is 1. The number of carbonyl (C=O) groups is 1. The van der Waals surface area contributed by atoms with Crippen molar-refractivity contribution in [1.29, 1.82) is 0 Å². The summed E-state index contributed by atoms with van der Waals surface area (Å²) in [6, 6.07) is 4.20. The minimum absolute atomic E-state index is 0.00714. The first-order valence-electron chi connectivity index (χ1n) is 4.75. The first kappa shape index (κ1) is 14.3. The number of hydrogen-bond donors (Lipinski definition) is 1. The van der Waals surface area contributed by atoms with Gasteiger partial charge in [0.05, 0.1) is 12.1 Å². The summed E-state index contributed by atoms with van der Waals surface area (Å²) in [6.45, 7) is 1.36. The number of ether oxygens (including phenoxy) is 1. The van der Waals surface area contributed by atoms with Crippen molar-refractivity contribution in [1.82, 2.24) is 0 Å². The Bertz CT molecular complexity index is 423.